The zero-order valence-corrected chi connectivity index (χ0v) is 48.6. The Morgan fingerprint density at radius 1 is 0.458 bits per heavy atom. The maximum atomic E-state index is 13.4. The van der Waals surface area contributed by atoms with E-state index < -0.39 is 57.5 Å². The maximum absolute atomic E-state index is 13.4. The van der Waals surface area contributed by atoms with Gasteiger partial charge in [-0.3, -0.25) is 10.1 Å². The first-order chi connectivity index (χ1) is 40.0. The van der Waals surface area contributed by atoms with E-state index in [0.717, 1.165) is 64.2 Å². The normalized spacial score (nSPS) is 26.2. The molecule has 0 saturated heterocycles. The van der Waals surface area contributed by atoms with Gasteiger partial charge in [0.25, 0.3) is 0 Å². The highest BCUT2D eigenvalue weighted by Gasteiger charge is 2.60. The summed E-state index contributed by atoms with van der Waals surface area (Å²) in [5.74, 6) is -1.83. The van der Waals surface area contributed by atoms with E-state index in [1.54, 1.807) is 0 Å². The number of alkyl halides is 4. The van der Waals surface area contributed by atoms with Gasteiger partial charge in [-0.05, 0) is 179 Å². The monoisotopic (exact) mass is 1220 g/mol. The molecule has 4 atom stereocenters. The molecule has 8 fully saturated rings. The van der Waals surface area contributed by atoms with Crippen LogP contribution in [-0.2, 0) is 59.6 Å². The number of aliphatic hydroxyl groups is 2. The van der Waals surface area contributed by atoms with E-state index >= 15 is 0 Å². The first kappa shape index (κ1) is 62.6. The molecule has 2 N–H and O–H groups in total. The Morgan fingerprint density at radius 3 is 0.988 bits per heavy atom. The lowest BCUT2D eigenvalue weighted by Gasteiger charge is -2.61. The van der Waals surface area contributed by atoms with Crippen LogP contribution >= 0.6 is 24.1 Å². The molecule has 8 saturated carbocycles. The lowest BCUT2D eigenvalue weighted by Crippen LogP contribution is -2.57. The second-order valence-corrected chi connectivity index (χ2v) is 28.6. The molecule has 6 aromatic rings. The van der Waals surface area contributed by atoms with Crippen molar-refractivity contribution in [1.29, 1.82) is 0 Å². The Labute approximate surface area is 495 Å². The van der Waals surface area contributed by atoms with E-state index in [9.17, 15) is 47.9 Å². The molecule has 442 valence electrons. The SMILES string of the molecule is O=C(OCC12CC3CC(CC(CO)(C3)C1)C2)C(F)(F)SOO[O-].O=C(OCC12CC3CC(CC(O)(C3)C1)C2)C(F)(F)SOO[O-].c1ccc([S+](c2ccccc2)c2ccccc2)cc1.c1ccc([S+](c2ccccc2)c2ccccc2)cc1. The highest BCUT2D eigenvalue weighted by Crippen LogP contribution is 2.65. The summed E-state index contributed by atoms with van der Waals surface area (Å²) < 4.78 is 70.1. The topological polar surface area (TPSA) is 176 Å². The Balaban J connectivity index is 0.000000133. The quantitative estimate of drug-likeness (QED) is 0.0196. The zero-order valence-electron chi connectivity index (χ0n) is 45.4. The van der Waals surface area contributed by atoms with Crippen LogP contribution in [0.15, 0.2) is 211 Å². The van der Waals surface area contributed by atoms with Crippen molar-refractivity contribution in [2.45, 2.75) is 123 Å². The molecule has 0 spiro atoms. The van der Waals surface area contributed by atoms with Crippen LogP contribution in [0.2, 0.25) is 0 Å². The summed E-state index contributed by atoms with van der Waals surface area (Å²) in [7, 11) is -0.0293. The number of hydrogen-bond acceptors (Lipinski definition) is 14. The van der Waals surface area contributed by atoms with Gasteiger partial charge in [0.05, 0.1) is 40.6 Å². The van der Waals surface area contributed by atoms with E-state index in [4.69, 9.17) is 9.47 Å². The van der Waals surface area contributed by atoms with Crippen molar-refractivity contribution < 1.29 is 76.1 Å². The summed E-state index contributed by atoms with van der Waals surface area (Å²) >= 11 is -1.36. The van der Waals surface area contributed by atoms with Gasteiger partial charge in [-0.25, -0.2) is 9.59 Å². The molecule has 20 heteroatoms. The molecule has 0 amide bonds. The highest BCUT2D eigenvalue weighted by molar-refractivity contribution is 7.97. The van der Waals surface area contributed by atoms with Crippen LogP contribution in [0.1, 0.15) is 77.0 Å². The minimum absolute atomic E-state index is 0.0146. The van der Waals surface area contributed by atoms with E-state index in [0.29, 0.717) is 36.5 Å². The van der Waals surface area contributed by atoms with Gasteiger partial charge in [0.2, 0.25) is 0 Å². The lowest BCUT2D eigenvalue weighted by atomic mass is 9.44. The summed E-state index contributed by atoms with van der Waals surface area (Å²) in [5, 5.41) is 37.1. The van der Waals surface area contributed by atoms with E-state index in [2.05, 4.69) is 201 Å². The van der Waals surface area contributed by atoms with Gasteiger partial charge in [0.15, 0.2) is 29.4 Å². The summed E-state index contributed by atoms with van der Waals surface area (Å²) in [4.78, 5) is 31.1. The standard InChI is InChI=1S/2C18H15S.C14H20F2O6S.C13H18F2O6S/c2*1-4-10-16(11-5-1)19(17-12-6-2-7-13-17)18-14-8-3-9-15-18;15-14(16,23-22-21-19)11(18)20-8-13-4-9-1-10(5-13)3-12(2-9,6-13)7-17;14-13(15,22-21-20-18)10(16)19-7-11-2-8-1-9(3-11)5-12(17,4-8)6-11/h2*1-15H;9-10,17,19H,1-8H2;8-9,17-18H,1-7H2/q2*+1;;/p-2. The predicted octanol–water partition coefficient (Wildman–Crippen LogP) is 12.5. The van der Waals surface area contributed by atoms with Crippen LogP contribution < -0.4 is 10.5 Å². The first-order valence-corrected chi connectivity index (χ1v) is 31.4. The Bertz CT molecular complexity index is 2650. The van der Waals surface area contributed by atoms with E-state index in [-0.39, 0.29) is 52.4 Å². The number of rotatable bonds is 19. The van der Waals surface area contributed by atoms with Crippen LogP contribution in [0.25, 0.3) is 0 Å². The van der Waals surface area contributed by atoms with Gasteiger partial charge in [-0.15, -0.1) is 0 Å². The van der Waals surface area contributed by atoms with Gasteiger partial charge in [-0.2, -0.15) is 26.2 Å². The third kappa shape index (κ3) is 16.1. The number of halogens is 4. The Hall–Kier alpha value is -4.94. The third-order valence-electron chi connectivity index (χ3n) is 16.5. The molecule has 0 heterocycles. The number of esters is 2. The number of benzene rings is 6. The molecule has 6 aromatic carbocycles. The van der Waals surface area contributed by atoms with Crippen LogP contribution in [-0.4, -0.2) is 58.1 Å². The molecule has 14 rings (SSSR count). The molecular weight excluding hydrogens is 1150 g/mol. The number of hydrogen-bond donors (Lipinski definition) is 2. The van der Waals surface area contributed by atoms with Crippen LogP contribution in [0.4, 0.5) is 17.6 Å². The molecule has 0 aromatic heterocycles. The van der Waals surface area contributed by atoms with Crippen molar-refractivity contribution in [2.75, 3.05) is 19.8 Å². The van der Waals surface area contributed by atoms with Gasteiger partial charge < -0.3 is 30.2 Å². The molecule has 4 unspecified atom stereocenters. The van der Waals surface area contributed by atoms with Crippen molar-refractivity contribution in [1.82, 2.24) is 0 Å². The second-order valence-electron chi connectivity index (χ2n) is 22.9. The number of carbonyl (C=O) groups excluding carboxylic acids is 2. The predicted molar refractivity (Wildman–Crippen MR) is 303 cm³/mol. The fourth-order valence-corrected chi connectivity index (χ4v) is 19.2. The molecule has 0 aliphatic heterocycles. The Kier molecular flexibility index (Phi) is 21.2. The smallest absolute Gasteiger partial charge is 0.415 e. The van der Waals surface area contributed by atoms with Gasteiger partial charge in [0.1, 0.15) is 24.1 Å². The van der Waals surface area contributed by atoms with E-state index in [1.807, 2.05) is 0 Å². The van der Waals surface area contributed by atoms with Crippen molar-refractivity contribution in [3.63, 3.8) is 0 Å². The van der Waals surface area contributed by atoms with Crippen molar-refractivity contribution in [3.8, 4) is 0 Å². The largest absolute Gasteiger partial charge is 0.691 e. The summed E-state index contributed by atoms with van der Waals surface area (Å²) in [6.45, 7) is -0.138. The summed E-state index contributed by atoms with van der Waals surface area (Å²) in [6, 6.07) is 64.3. The van der Waals surface area contributed by atoms with E-state index in [1.165, 1.54) is 29.4 Å². The minimum atomic E-state index is -4.01. The average Bonchev–Trinajstić information content (AvgIpc) is 1.21. The zero-order chi connectivity index (χ0) is 58.6. The molecular formula is C63H66F4O12S4. The van der Waals surface area contributed by atoms with Gasteiger partial charge in [0, 0.05) is 17.4 Å². The fraction of sp³-hybridized carbons (Fsp3) is 0.397. The second kappa shape index (κ2) is 28.1. The number of ether oxygens (including phenoxy) is 2. The Morgan fingerprint density at radius 2 is 0.723 bits per heavy atom. The maximum Gasteiger partial charge on any atom is 0.415 e. The van der Waals surface area contributed by atoms with Crippen molar-refractivity contribution in [3.05, 3.63) is 182 Å². The first-order valence-electron chi connectivity index (χ1n) is 27.5. The molecule has 12 nitrogen and oxygen atoms in total. The van der Waals surface area contributed by atoms with Gasteiger partial charge >= 0.3 is 22.4 Å². The molecule has 8 bridgehead atoms. The van der Waals surface area contributed by atoms with Crippen molar-refractivity contribution >= 4 is 57.8 Å². The fourth-order valence-electron chi connectivity index (χ4n) is 14.5. The molecule has 0 radical (unpaired) electrons. The lowest BCUT2D eigenvalue weighted by molar-refractivity contribution is -0.777. The average molecular weight is 1220 g/mol. The highest BCUT2D eigenvalue weighted by atomic mass is 32.2. The van der Waals surface area contributed by atoms with Crippen LogP contribution in [0.3, 0.4) is 0 Å². The molecule has 8 aliphatic rings. The van der Waals surface area contributed by atoms with Gasteiger partial charge in [-0.1, -0.05) is 109 Å². The molecule has 83 heavy (non-hydrogen) atoms. The summed E-state index contributed by atoms with van der Waals surface area (Å²) in [5.41, 5.74) is -1.62. The summed E-state index contributed by atoms with van der Waals surface area (Å²) in [6.07, 6.45) is 10.1. The van der Waals surface area contributed by atoms with Crippen molar-refractivity contribution in [2.24, 2.45) is 39.9 Å². The third-order valence-corrected chi connectivity index (χ3v) is 22.0. The number of carbonyl (C=O) groups is 2. The number of aliphatic hydroxyl groups excluding tert-OH is 1. The van der Waals surface area contributed by atoms with Crippen LogP contribution in [0.5, 0.6) is 0 Å². The van der Waals surface area contributed by atoms with Crippen LogP contribution in [0, 0.1) is 39.9 Å². The minimum Gasteiger partial charge on any atom is -0.691 e. The molecule has 8 aliphatic carbocycles.